The Morgan fingerprint density at radius 3 is 3.05 bits per heavy atom. The zero-order chi connectivity index (χ0) is 13.8. The molecule has 0 amide bonds. The van der Waals surface area contributed by atoms with Gasteiger partial charge in [0.15, 0.2) is 0 Å². The van der Waals surface area contributed by atoms with Crippen LogP contribution in [0.1, 0.15) is 25.7 Å². The summed E-state index contributed by atoms with van der Waals surface area (Å²) < 4.78 is 5.75. The number of aromatic nitrogens is 1. The second kappa shape index (κ2) is 6.09. The van der Waals surface area contributed by atoms with Crippen molar-refractivity contribution in [3.8, 4) is 0 Å². The van der Waals surface area contributed by atoms with Crippen molar-refractivity contribution in [2.45, 2.75) is 31.8 Å². The fourth-order valence-electron chi connectivity index (χ4n) is 2.77. The second-order valence-electron chi connectivity index (χ2n) is 5.33. The van der Waals surface area contributed by atoms with Gasteiger partial charge in [-0.05, 0) is 43.9 Å². The van der Waals surface area contributed by atoms with Crippen LogP contribution < -0.4 is 11.1 Å². The lowest BCUT2D eigenvalue weighted by Gasteiger charge is -2.23. The van der Waals surface area contributed by atoms with Gasteiger partial charge in [0.05, 0.1) is 6.10 Å². The number of fused-ring (bicyclic) bond motifs is 1. The van der Waals surface area contributed by atoms with E-state index in [0.717, 1.165) is 41.7 Å². The van der Waals surface area contributed by atoms with Crippen LogP contribution in [-0.4, -0.2) is 24.2 Å². The molecule has 20 heavy (non-hydrogen) atoms. The van der Waals surface area contributed by atoms with Gasteiger partial charge in [-0.1, -0.05) is 0 Å². The monoisotopic (exact) mass is 271 g/mol. The van der Waals surface area contributed by atoms with Crippen molar-refractivity contribution in [1.29, 1.82) is 0 Å². The molecule has 1 aliphatic rings. The summed E-state index contributed by atoms with van der Waals surface area (Å²) in [5.74, 6) is 0. The minimum absolute atomic E-state index is 0.415. The maximum absolute atomic E-state index is 5.98. The number of hydrogen-bond acceptors (Lipinski definition) is 4. The standard InChI is InChI=1S/C16H21N3O/c17-15-4-5-16(13-7-8-18-11-14(13)15)19-9-6-12-3-1-2-10-20-12/h4-5,7-8,11-12,19H,1-3,6,9-10,17H2. The maximum Gasteiger partial charge on any atom is 0.0591 e. The molecule has 1 aromatic carbocycles. The van der Waals surface area contributed by atoms with E-state index in [1.165, 1.54) is 19.3 Å². The van der Waals surface area contributed by atoms with Gasteiger partial charge < -0.3 is 15.8 Å². The summed E-state index contributed by atoms with van der Waals surface area (Å²) in [6.07, 6.45) is 8.78. The summed E-state index contributed by atoms with van der Waals surface area (Å²) in [6.45, 7) is 1.84. The Kier molecular flexibility index (Phi) is 4.02. The number of anilines is 2. The summed E-state index contributed by atoms with van der Waals surface area (Å²) in [6, 6.07) is 5.98. The quantitative estimate of drug-likeness (QED) is 0.838. The number of nitrogen functional groups attached to an aromatic ring is 1. The van der Waals surface area contributed by atoms with Gasteiger partial charge in [0, 0.05) is 47.7 Å². The van der Waals surface area contributed by atoms with Gasteiger partial charge in [-0.15, -0.1) is 0 Å². The molecule has 0 radical (unpaired) electrons. The highest BCUT2D eigenvalue weighted by Crippen LogP contribution is 2.27. The van der Waals surface area contributed by atoms with Crippen LogP contribution in [0.15, 0.2) is 30.6 Å². The number of rotatable bonds is 4. The summed E-state index contributed by atoms with van der Waals surface area (Å²) in [5, 5.41) is 5.63. The predicted molar refractivity (Wildman–Crippen MR) is 82.9 cm³/mol. The molecule has 1 aromatic heterocycles. The average molecular weight is 271 g/mol. The Hall–Kier alpha value is -1.81. The first-order chi connectivity index (χ1) is 9.84. The molecule has 1 unspecified atom stereocenters. The number of benzene rings is 1. The normalized spacial score (nSPS) is 19.1. The number of pyridine rings is 1. The summed E-state index contributed by atoms with van der Waals surface area (Å²) in [5.41, 5.74) is 7.87. The van der Waals surface area contributed by atoms with E-state index in [1.807, 2.05) is 24.4 Å². The Morgan fingerprint density at radius 2 is 2.20 bits per heavy atom. The highest BCUT2D eigenvalue weighted by molar-refractivity contribution is 6.00. The molecule has 0 bridgehead atoms. The Labute approximate surface area is 119 Å². The molecule has 2 aromatic rings. The largest absolute Gasteiger partial charge is 0.398 e. The lowest BCUT2D eigenvalue weighted by Crippen LogP contribution is -2.22. The number of nitrogens with one attached hydrogen (secondary N) is 1. The predicted octanol–water partition coefficient (Wildman–Crippen LogP) is 3.19. The van der Waals surface area contributed by atoms with E-state index in [0.29, 0.717) is 6.10 Å². The van der Waals surface area contributed by atoms with Crippen molar-refractivity contribution < 1.29 is 4.74 Å². The molecule has 0 saturated carbocycles. The van der Waals surface area contributed by atoms with E-state index in [9.17, 15) is 0 Å². The molecular formula is C16H21N3O. The number of nitrogens with two attached hydrogens (primary N) is 1. The minimum Gasteiger partial charge on any atom is -0.398 e. The summed E-state index contributed by atoms with van der Waals surface area (Å²) in [7, 11) is 0. The smallest absolute Gasteiger partial charge is 0.0591 e. The van der Waals surface area contributed by atoms with Gasteiger partial charge >= 0.3 is 0 Å². The number of nitrogens with zero attached hydrogens (tertiary/aromatic N) is 1. The summed E-state index contributed by atoms with van der Waals surface area (Å²) >= 11 is 0. The van der Waals surface area contributed by atoms with E-state index in [2.05, 4.69) is 10.3 Å². The SMILES string of the molecule is Nc1ccc(NCCC2CCCCO2)c2ccncc12. The molecule has 1 aliphatic heterocycles. The Bertz CT molecular complexity index is 579. The van der Waals surface area contributed by atoms with Gasteiger partial charge in [0.2, 0.25) is 0 Å². The van der Waals surface area contributed by atoms with Crippen LogP contribution in [0.3, 0.4) is 0 Å². The average Bonchev–Trinajstić information content (AvgIpc) is 2.51. The van der Waals surface area contributed by atoms with Gasteiger partial charge in [-0.2, -0.15) is 0 Å². The second-order valence-corrected chi connectivity index (χ2v) is 5.33. The third kappa shape index (κ3) is 2.85. The molecule has 0 aliphatic carbocycles. The summed E-state index contributed by atoms with van der Waals surface area (Å²) in [4.78, 5) is 4.14. The topological polar surface area (TPSA) is 60.2 Å². The van der Waals surface area contributed by atoms with Crippen molar-refractivity contribution in [2.75, 3.05) is 24.2 Å². The Morgan fingerprint density at radius 1 is 1.25 bits per heavy atom. The fourth-order valence-corrected chi connectivity index (χ4v) is 2.77. The third-order valence-electron chi connectivity index (χ3n) is 3.91. The lowest BCUT2D eigenvalue weighted by molar-refractivity contribution is 0.0134. The molecule has 2 heterocycles. The molecule has 0 spiro atoms. The van der Waals surface area contributed by atoms with Crippen LogP contribution >= 0.6 is 0 Å². The zero-order valence-electron chi connectivity index (χ0n) is 11.6. The first-order valence-corrected chi connectivity index (χ1v) is 7.32. The molecule has 1 saturated heterocycles. The first-order valence-electron chi connectivity index (χ1n) is 7.32. The van der Waals surface area contributed by atoms with Crippen molar-refractivity contribution in [3.63, 3.8) is 0 Å². The van der Waals surface area contributed by atoms with Crippen LogP contribution in [0, 0.1) is 0 Å². The van der Waals surface area contributed by atoms with Crippen LogP contribution in [-0.2, 0) is 4.74 Å². The van der Waals surface area contributed by atoms with Gasteiger partial charge in [-0.25, -0.2) is 0 Å². The third-order valence-corrected chi connectivity index (χ3v) is 3.91. The van der Waals surface area contributed by atoms with Crippen LogP contribution in [0.25, 0.3) is 10.8 Å². The molecule has 4 heteroatoms. The lowest BCUT2D eigenvalue weighted by atomic mass is 10.1. The van der Waals surface area contributed by atoms with Crippen LogP contribution in [0.2, 0.25) is 0 Å². The van der Waals surface area contributed by atoms with E-state index in [-0.39, 0.29) is 0 Å². The van der Waals surface area contributed by atoms with Crippen molar-refractivity contribution >= 4 is 22.1 Å². The zero-order valence-corrected chi connectivity index (χ0v) is 11.6. The minimum atomic E-state index is 0.415. The van der Waals surface area contributed by atoms with Crippen molar-refractivity contribution in [1.82, 2.24) is 4.98 Å². The maximum atomic E-state index is 5.98. The number of hydrogen-bond donors (Lipinski definition) is 2. The molecule has 3 rings (SSSR count). The van der Waals surface area contributed by atoms with E-state index < -0.39 is 0 Å². The van der Waals surface area contributed by atoms with Gasteiger partial charge in [0.1, 0.15) is 0 Å². The molecule has 106 valence electrons. The van der Waals surface area contributed by atoms with Gasteiger partial charge in [0.25, 0.3) is 0 Å². The van der Waals surface area contributed by atoms with E-state index >= 15 is 0 Å². The fraction of sp³-hybridized carbons (Fsp3) is 0.438. The highest BCUT2D eigenvalue weighted by Gasteiger charge is 2.13. The Balaban J connectivity index is 1.67. The van der Waals surface area contributed by atoms with Gasteiger partial charge in [-0.3, -0.25) is 4.98 Å². The van der Waals surface area contributed by atoms with Crippen LogP contribution in [0.5, 0.6) is 0 Å². The van der Waals surface area contributed by atoms with E-state index in [1.54, 1.807) is 6.20 Å². The molecule has 3 N–H and O–H groups in total. The number of ether oxygens (including phenoxy) is 1. The molecule has 4 nitrogen and oxygen atoms in total. The van der Waals surface area contributed by atoms with E-state index in [4.69, 9.17) is 10.5 Å². The molecule has 1 fully saturated rings. The van der Waals surface area contributed by atoms with Crippen LogP contribution in [0.4, 0.5) is 11.4 Å². The van der Waals surface area contributed by atoms with Crippen molar-refractivity contribution in [2.24, 2.45) is 0 Å². The highest BCUT2D eigenvalue weighted by atomic mass is 16.5. The first kappa shape index (κ1) is 13.2. The molecule has 1 atom stereocenters. The molecular weight excluding hydrogens is 250 g/mol. The van der Waals surface area contributed by atoms with Crippen molar-refractivity contribution in [3.05, 3.63) is 30.6 Å².